The molecule has 2 aromatic carbocycles. The Balaban J connectivity index is 1.21. The number of unbranched alkanes of at least 4 members (excludes halogenated alkanes) is 24. The maximum absolute atomic E-state index is 13.3. The summed E-state index contributed by atoms with van der Waals surface area (Å²) in [6.07, 6.45) is 32.7. The maximum atomic E-state index is 13.3. The van der Waals surface area contributed by atoms with Gasteiger partial charge in [0.15, 0.2) is 17.3 Å². The van der Waals surface area contributed by atoms with Crippen LogP contribution < -0.4 is 10.2 Å². The van der Waals surface area contributed by atoms with Crippen LogP contribution in [0.1, 0.15) is 174 Å². The highest BCUT2D eigenvalue weighted by atomic mass is 16.5. The maximum Gasteiger partial charge on any atom is 0.311 e. The summed E-state index contributed by atoms with van der Waals surface area (Å²) < 4.78 is 11.3. The molecule has 3 aromatic rings. The summed E-state index contributed by atoms with van der Waals surface area (Å²) in [5, 5.41) is 39.7. The van der Waals surface area contributed by atoms with E-state index >= 15 is 0 Å². The SMILES string of the molecule is CCCCCCCCCCCCCCCCCCCCCCCCCCCC(=O)Oc1c(-c2ccc(O)c(O)c2)oc2cc(O)cc(O)c2c1=O. The van der Waals surface area contributed by atoms with E-state index in [2.05, 4.69) is 6.92 Å². The van der Waals surface area contributed by atoms with Crippen molar-refractivity contribution in [2.75, 3.05) is 0 Å². The molecule has 3 rings (SSSR count). The van der Waals surface area contributed by atoms with Crippen LogP contribution in [0.15, 0.2) is 39.5 Å². The number of phenols is 4. The third-order valence-electron chi connectivity index (χ3n) is 9.86. The van der Waals surface area contributed by atoms with Gasteiger partial charge in [-0.05, 0) is 24.6 Å². The van der Waals surface area contributed by atoms with E-state index in [9.17, 15) is 30.0 Å². The summed E-state index contributed by atoms with van der Waals surface area (Å²) in [5.74, 6) is -2.88. The lowest BCUT2D eigenvalue weighted by Crippen LogP contribution is -2.16. The zero-order valence-electron chi connectivity index (χ0n) is 31.2. The van der Waals surface area contributed by atoms with Crippen LogP contribution in [0.3, 0.4) is 0 Å². The van der Waals surface area contributed by atoms with Gasteiger partial charge in [0, 0.05) is 24.1 Å². The minimum atomic E-state index is -0.792. The topological polar surface area (TPSA) is 137 Å². The standard InChI is InChI=1S/C43H64O8/c1-2-3-4-5-6-7-8-9-10-11-12-13-14-15-16-17-18-19-20-21-22-23-24-25-26-27-39(48)51-43-41(49)40-37(47)31-34(44)32-38(40)50-42(43)33-28-29-35(45)36(46)30-33/h28-32,44-47H,2-27H2,1H3. The van der Waals surface area contributed by atoms with Crippen LogP contribution >= 0.6 is 0 Å². The molecule has 0 radical (unpaired) electrons. The highest BCUT2D eigenvalue weighted by Crippen LogP contribution is 2.38. The predicted molar refractivity (Wildman–Crippen MR) is 206 cm³/mol. The Labute approximate surface area is 305 Å². The van der Waals surface area contributed by atoms with Crippen LogP contribution in [0.2, 0.25) is 0 Å². The van der Waals surface area contributed by atoms with Crippen molar-refractivity contribution < 1.29 is 34.4 Å². The van der Waals surface area contributed by atoms with Gasteiger partial charge < -0.3 is 29.6 Å². The number of rotatable bonds is 28. The van der Waals surface area contributed by atoms with Crippen molar-refractivity contribution in [2.45, 2.75) is 174 Å². The largest absolute Gasteiger partial charge is 0.508 e. The van der Waals surface area contributed by atoms with Gasteiger partial charge >= 0.3 is 5.97 Å². The molecule has 0 amide bonds. The Morgan fingerprint density at radius 3 is 1.47 bits per heavy atom. The Morgan fingerprint density at radius 1 is 0.569 bits per heavy atom. The molecular formula is C43H64O8. The fourth-order valence-electron chi connectivity index (χ4n) is 6.79. The molecule has 1 aromatic heterocycles. The molecule has 0 aliphatic carbocycles. The first-order valence-corrected chi connectivity index (χ1v) is 20.1. The molecule has 8 nitrogen and oxygen atoms in total. The lowest BCUT2D eigenvalue weighted by Gasteiger charge is -2.12. The van der Waals surface area contributed by atoms with E-state index in [-0.39, 0.29) is 40.2 Å². The van der Waals surface area contributed by atoms with Crippen LogP contribution in [0.5, 0.6) is 28.7 Å². The second-order valence-electron chi connectivity index (χ2n) is 14.3. The summed E-state index contributed by atoms with van der Waals surface area (Å²) in [7, 11) is 0. The third kappa shape index (κ3) is 15.6. The number of benzene rings is 2. The van der Waals surface area contributed by atoms with Gasteiger partial charge in [0.2, 0.25) is 11.2 Å². The van der Waals surface area contributed by atoms with Gasteiger partial charge in [-0.1, -0.05) is 161 Å². The van der Waals surface area contributed by atoms with Crippen LogP contribution in [0.4, 0.5) is 0 Å². The molecule has 1 heterocycles. The Bertz CT molecular complexity index is 1490. The van der Waals surface area contributed by atoms with E-state index in [1.54, 1.807) is 0 Å². The summed E-state index contributed by atoms with van der Waals surface area (Å²) in [6.45, 7) is 2.28. The second-order valence-corrected chi connectivity index (χ2v) is 14.3. The van der Waals surface area contributed by atoms with Gasteiger partial charge in [0.1, 0.15) is 22.5 Å². The van der Waals surface area contributed by atoms with E-state index in [0.717, 1.165) is 31.4 Å². The monoisotopic (exact) mass is 708 g/mol. The van der Waals surface area contributed by atoms with Crippen molar-refractivity contribution in [3.05, 3.63) is 40.6 Å². The summed E-state index contributed by atoms with van der Waals surface area (Å²) >= 11 is 0. The van der Waals surface area contributed by atoms with Gasteiger partial charge in [-0.2, -0.15) is 0 Å². The summed E-state index contributed by atoms with van der Waals surface area (Å²) in [5.41, 5.74) is -0.750. The zero-order chi connectivity index (χ0) is 36.7. The normalized spacial score (nSPS) is 11.4. The molecule has 0 fully saturated rings. The minimum absolute atomic E-state index is 0.110. The number of fused-ring (bicyclic) bond motifs is 1. The summed E-state index contributed by atoms with van der Waals surface area (Å²) in [4.78, 5) is 26.1. The van der Waals surface area contributed by atoms with Crippen molar-refractivity contribution in [1.29, 1.82) is 0 Å². The molecule has 0 spiro atoms. The molecule has 0 saturated carbocycles. The fraction of sp³-hybridized carbons (Fsp3) is 0.628. The number of phenolic OH excluding ortho intramolecular Hbond substituents is 4. The molecule has 0 bridgehead atoms. The zero-order valence-corrected chi connectivity index (χ0v) is 31.2. The van der Waals surface area contributed by atoms with Gasteiger partial charge in [-0.15, -0.1) is 0 Å². The van der Waals surface area contributed by atoms with Gasteiger partial charge in [0.05, 0.1) is 0 Å². The average Bonchev–Trinajstić information content (AvgIpc) is 3.10. The number of carbonyl (C=O) groups excluding carboxylic acids is 1. The number of esters is 1. The number of hydrogen-bond donors (Lipinski definition) is 4. The molecular weight excluding hydrogens is 644 g/mol. The lowest BCUT2D eigenvalue weighted by molar-refractivity contribution is -0.134. The Kier molecular flexibility index (Phi) is 20.0. The number of carbonyl (C=O) groups is 1. The first-order chi connectivity index (χ1) is 24.8. The fourth-order valence-corrected chi connectivity index (χ4v) is 6.79. The quantitative estimate of drug-likeness (QED) is 0.0332. The number of ether oxygens (including phenoxy) is 1. The van der Waals surface area contributed by atoms with Crippen LogP contribution in [0.25, 0.3) is 22.3 Å². The molecule has 0 aliphatic heterocycles. The molecule has 8 heteroatoms. The van der Waals surface area contributed by atoms with Gasteiger partial charge in [0.25, 0.3) is 0 Å². The van der Waals surface area contributed by atoms with Crippen molar-refractivity contribution >= 4 is 16.9 Å². The van der Waals surface area contributed by atoms with E-state index in [1.807, 2.05) is 0 Å². The number of hydrogen-bond acceptors (Lipinski definition) is 8. The Morgan fingerprint density at radius 2 is 1.02 bits per heavy atom. The minimum Gasteiger partial charge on any atom is -0.508 e. The average molecular weight is 709 g/mol. The van der Waals surface area contributed by atoms with Crippen LogP contribution in [0, 0.1) is 0 Å². The first-order valence-electron chi connectivity index (χ1n) is 20.1. The highest BCUT2D eigenvalue weighted by molar-refractivity contribution is 5.89. The van der Waals surface area contributed by atoms with Gasteiger partial charge in [-0.25, -0.2) is 0 Å². The summed E-state index contributed by atoms with van der Waals surface area (Å²) in [6, 6.07) is 5.93. The smallest absolute Gasteiger partial charge is 0.311 e. The first kappa shape index (κ1) is 41.7. The van der Waals surface area contributed by atoms with Crippen molar-refractivity contribution in [1.82, 2.24) is 0 Å². The van der Waals surface area contributed by atoms with Gasteiger partial charge in [-0.3, -0.25) is 9.59 Å². The van der Waals surface area contributed by atoms with Crippen LogP contribution in [-0.4, -0.2) is 26.4 Å². The molecule has 0 atom stereocenters. The van der Waals surface area contributed by atoms with E-state index in [1.165, 1.54) is 153 Å². The molecule has 284 valence electrons. The molecule has 0 saturated heterocycles. The van der Waals surface area contributed by atoms with E-state index in [4.69, 9.17) is 9.15 Å². The van der Waals surface area contributed by atoms with Crippen molar-refractivity contribution in [3.63, 3.8) is 0 Å². The van der Waals surface area contributed by atoms with E-state index < -0.39 is 28.6 Å². The third-order valence-corrected chi connectivity index (χ3v) is 9.86. The highest BCUT2D eigenvalue weighted by Gasteiger charge is 2.23. The number of aromatic hydroxyl groups is 4. The molecule has 4 N–H and O–H groups in total. The Hall–Kier alpha value is -3.68. The lowest BCUT2D eigenvalue weighted by atomic mass is 10.0. The second kappa shape index (κ2) is 24.5. The predicted octanol–water partition coefficient (Wildman–Crippen LogP) is 12.4. The molecule has 0 unspecified atom stereocenters. The van der Waals surface area contributed by atoms with Crippen molar-refractivity contribution in [3.8, 4) is 40.1 Å². The molecule has 51 heavy (non-hydrogen) atoms. The molecule has 0 aliphatic rings. The van der Waals surface area contributed by atoms with Crippen molar-refractivity contribution in [2.24, 2.45) is 0 Å². The van der Waals surface area contributed by atoms with Crippen LogP contribution in [-0.2, 0) is 4.79 Å². The van der Waals surface area contributed by atoms with E-state index in [0.29, 0.717) is 6.42 Å².